The number of aryl methyl sites for hydroxylation is 1. The summed E-state index contributed by atoms with van der Waals surface area (Å²) in [6.45, 7) is 11.7. The molecule has 0 amide bonds. The number of imidazole rings is 1. The minimum Gasteiger partial charge on any atom is -0.384 e. The van der Waals surface area contributed by atoms with Crippen molar-refractivity contribution < 1.29 is 0 Å². The second-order valence-electron chi connectivity index (χ2n) is 5.02. The normalized spacial score (nSPS) is 12.1. The molecule has 0 radical (unpaired) electrons. The van der Waals surface area contributed by atoms with E-state index in [9.17, 15) is 0 Å². The Morgan fingerprint density at radius 3 is 2.27 bits per heavy atom. The van der Waals surface area contributed by atoms with Gasteiger partial charge in [0.1, 0.15) is 11.6 Å². The van der Waals surface area contributed by atoms with Crippen LogP contribution < -0.4 is 5.73 Å². The zero-order chi connectivity index (χ0) is 11.6. The Bertz CT molecular complexity index is 331. The predicted octanol–water partition coefficient (Wildman–Crippen LogP) is 2.74. The summed E-state index contributed by atoms with van der Waals surface area (Å²) in [7, 11) is 0. The van der Waals surface area contributed by atoms with Crippen molar-refractivity contribution >= 4 is 5.82 Å². The van der Waals surface area contributed by atoms with Crippen LogP contribution in [-0.4, -0.2) is 9.55 Å². The molecule has 1 heterocycles. The quantitative estimate of drug-likeness (QED) is 0.832. The lowest BCUT2D eigenvalue weighted by Gasteiger charge is -2.16. The second-order valence-corrected chi connectivity index (χ2v) is 5.02. The van der Waals surface area contributed by atoms with E-state index < -0.39 is 0 Å². The smallest absolute Gasteiger partial charge is 0.127 e. The number of aromatic nitrogens is 2. The molecule has 0 bridgehead atoms. The minimum atomic E-state index is 0.0347. The first-order valence-corrected chi connectivity index (χ1v) is 5.77. The number of nitrogens with zero attached hydrogens (tertiary/aromatic N) is 2. The molecule has 0 unspecified atom stereocenters. The van der Waals surface area contributed by atoms with Crippen LogP contribution in [0.1, 0.15) is 52.6 Å². The van der Waals surface area contributed by atoms with Crippen LogP contribution in [0, 0.1) is 0 Å². The highest BCUT2D eigenvalue weighted by molar-refractivity contribution is 5.42. The van der Waals surface area contributed by atoms with E-state index in [-0.39, 0.29) is 5.41 Å². The number of nitrogen functional groups attached to an aromatic ring is 1. The first-order chi connectivity index (χ1) is 6.91. The summed E-state index contributed by atoms with van der Waals surface area (Å²) in [4.78, 5) is 4.66. The third-order valence-electron chi connectivity index (χ3n) is 2.56. The van der Waals surface area contributed by atoms with Gasteiger partial charge >= 0.3 is 0 Å². The number of rotatable bonds is 3. The Morgan fingerprint density at radius 2 is 1.87 bits per heavy atom. The van der Waals surface area contributed by atoms with Crippen LogP contribution in [0.5, 0.6) is 0 Å². The third kappa shape index (κ3) is 2.33. The first-order valence-electron chi connectivity index (χ1n) is 5.77. The second kappa shape index (κ2) is 4.25. The van der Waals surface area contributed by atoms with Gasteiger partial charge in [-0.25, -0.2) is 4.98 Å². The van der Waals surface area contributed by atoms with Crippen molar-refractivity contribution in [3.63, 3.8) is 0 Å². The molecule has 15 heavy (non-hydrogen) atoms. The van der Waals surface area contributed by atoms with Gasteiger partial charge in [0, 0.05) is 18.4 Å². The number of hydrogen-bond donors (Lipinski definition) is 1. The fourth-order valence-corrected chi connectivity index (χ4v) is 1.81. The molecule has 0 saturated heterocycles. The molecule has 3 nitrogen and oxygen atoms in total. The average Bonchev–Trinajstić information content (AvgIpc) is 2.44. The van der Waals surface area contributed by atoms with E-state index in [1.165, 1.54) is 0 Å². The summed E-state index contributed by atoms with van der Waals surface area (Å²) in [5.41, 5.74) is 7.22. The molecule has 2 N–H and O–H groups in total. The Kier molecular flexibility index (Phi) is 3.42. The standard InChI is InChI=1S/C12H23N3/c1-6-8-15-9(7-2)14-10(11(15)13)12(3,4)5/h6-8,13H2,1-5H3. The zero-order valence-electron chi connectivity index (χ0n) is 10.6. The van der Waals surface area contributed by atoms with Gasteiger partial charge in [-0.2, -0.15) is 0 Å². The molecular weight excluding hydrogens is 186 g/mol. The van der Waals surface area contributed by atoms with Gasteiger partial charge in [-0.3, -0.25) is 0 Å². The topological polar surface area (TPSA) is 43.8 Å². The van der Waals surface area contributed by atoms with E-state index in [1.807, 2.05) is 0 Å². The summed E-state index contributed by atoms with van der Waals surface area (Å²) in [6.07, 6.45) is 2.04. The highest BCUT2D eigenvalue weighted by Gasteiger charge is 2.23. The molecule has 0 aliphatic rings. The van der Waals surface area contributed by atoms with Crippen molar-refractivity contribution in [2.75, 3.05) is 5.73 Å². The molecule has 0 spiro atoms. The van der Waals surface area contributed by atoms with E-state index in [0.29, 0.717) is 0 Å². The lowest BCUT2D eigenvalue weighted by atomic mass is 9.92. The van der Waals surface area contributed by atoms with Gasteiger partial charge in [0.2, 0.25) is 0 Å². The molecule has 1 aromatic rings. The van der Waals surface area contributed by atoms with Crippen LogP contribution in [0.3, 0.4) is 0 Å². The van der Waals surface area contributed by atoms with Crippen molar-refractivity contribution in [3.05, 3.63) is 11.5 Å². The maximum Gasteiger partial charge on any atom is 0.127 e. The van der Waals surface area contributed by atoms with Gasteiger partial charge in [0.25, 0.3) is 0 Å². The highest BCUT2D eigenvalue weighted by atomic mass is 15.1. The first kappa shape index (κ1) is 12.1. The van der Waals surface area contributed by atoms with Crippen LogP contribution in [-0.2, 0) is 18.4 Å². The summed E-state index contributed by atoms with van der Waals surface area (Å²) in [6, 6.07) is 0. The van der Waals surface area contributed by atoms with Gasteiger partial charge in [-0.15, -0.1) is 0 Å². The summed E-state index contributed by atoms with van der Waals surface area (Å²) in [5.74, 6) is 1.96. The van der Waals surface area contributed by atoms with Crippen LogP contribution in [0.25, 0.3) is 0 Å². The van der Waals surface area contributed by atoms with E-state index in [0.717, 1.165) is 36.7 Å². The molecule has 0 fully saturated rings. The fraction of sp³-hybridized carbons (Fsp3) is 0.750. The van der Waals surface area contributed by atoms with Gasteiger partial charge in [-0.1, -0.05) is 34.6 Å². The molecule has 1 rings (SSSR count). The average molecular weight is 209 g/mol. The summed E-state index contributed by atoms with van der Waals surface area (Å²) >= 11 is 0. The molecule has 0 saturated carbocycles. The van der Waals surface area contributed by atoms with Crippen molar-refractivity contribution in [2.24, 2.45) is 0 Å². The van der Waals surface area contributed by atoms with Crippen LogP contribution in [0.2, 0.25) is 0 Å². The number of nitrogens with two attached hydrogens (primary N) is 1. The van der Waals surface area contributed by atoms with E-state index in [4.69, 9.17) is 5.73 Å². The van der Waals surface area contributed by atoms with Crippen LogP contribution in [0.4, 0.5) is 5.82 Å². The summed E-state index contributed by atoms with van der Waals surface area (Å²) in [5, 5.41) is 0. The Labute approximate surface area is 92.7 Å². The van der Waals surface area contributed by atoms with Gasteiger partial charge in [-0.05, 0) is 6.42 Å². The van der Waals surface area contributed by atoms with Gasteiger partial charge in [0.05, 0.1) is 5.69 Å². The molecule has 86 valence electrons. The molecule has 0 aliphatic heterocycles. The lowest BCUT2D eigenvalue weighted by molar-refractivity contribution is 0.573. The maximum absolute atomic E-state index is 6.15. The molecule has 1 aromatic heterocycles. The summed E-state index contributed by atoms with van der Waals surface area (Å²) < 4.78 is 2.15. The third-order valence-corrected chi connectivity index (χ3v) is 2.56. The molecule has 0 aliphatic carbocycles. The monoisotopic (exact) mass is 209 g/mol. The van der Waals surface area contributed by atoms with Crippen LogP contribution in [0.15, 0.2) is 0 Å². The van der Waals surface area contributed by atoms with Crippen molar-refractivity contribution in [2.45, 2.75) is 59.4 Å². The van der Waals surface area contributed by atoms with Crippen molar-refractivity contribution in [3.8, 4) is 0 Å². The zero-order valence-corrected chi connectivity index (χ0v) is 10.6. The Balaban J connectivity index is 3.22. The van der Waals surface area contributed by atoms with E-state index >= 15 is 0 Å². The predicted molar refractivity (Wildman–Crippen MR) is 65.0 cm³/mol. The molecule has 0 aromatic carbocycles. The van der Waals surface area contributed by atoms with E-state index in [1.54, 1.807) is 0 Å². The fourth-order valence-electron chi connectivity index (χ4n) is 1.81. The highest BCUT2D eigenvalue weighted by Crippen LogP contribution is 2.28. The Hall–Kier alpha value is -0.990. The van der Waals surface area contributed by atoms with Gasteiger partial charge < -0.3 is 10.3 Å². The SMILES string of the molecule is CCCn1c(CC)nc(C(C)(C)C)c1N. The van der Waals surface area contributed by atoms with Crippen molar-refractivity contribution in [1.82, 2.24) is 9.55 Å². The molecule has 0 atom stereocenters. The minimum absolute atomic E-state index is 0.0347. The Morgan fingerprint density at radius 1 is 1.27 bits per heavy atom. The van der Waals surface area contributed by atoms with Gasteiger partial charge in [0.15, 0.2) is 0 Å². The number of hydrogen-bond acceptors (Lipinski definition) is 2. The lowest BCUT2D eigenvalue weighted by Crippen LogP contribution is -2.15. The maximum atomic E-state index is 6.15. The largest absolute Gasteiger partial charge is 0.384 e. The van der Waals surface area contributed by atoms with Crippen molar-refractivity contribution in [1.29, 1.82) is 0 Å². The number of anilines is 1. The molecule has 3 heteroatoms. The van der Waals surface area contributed by atoms with E-state index in [2.05, 4.69) is 44.2 Å². The van der Waals surface area contributed by atoms with Crippen LogP contribution >= 0.6 is 0 Å². The molecular formula is C12H23N3.